The standard InChI is InChI=1S/C18H18N4O/c19-18(20)22(11-10-13-6-2-1-3-7-13)17(23)16-12-14-8-4-5-9-15(14)21-16/h1-9,12,21H,10-11H2,(H3,19,20). The van der Waals surface area contributed by atoms with Crippen LogP contribution in [-0.2, 0) is 6.42 Å². The number of carbonyl (C=O) groups excluding carboxylic acids is 1. The van der Waals surface area contributed by atoms with E-state index in [1.54, 1.807) is 6.07 Å². The van der Waals surface area contributed by atoms with Crippen LogP contribution in [0.3, 0.4) is 0 Å². The lowest BCUT2D eigenvalue weighted by Gasteiger charge is -2.20. The maximum Gasteiger partial charge on any atom is 0.277 e. The van der Waals surface area contributed by atoms with Crippen LogP contribution in [-0.4, -0.2) is 28.3 Å². The number of nitrogens with zero attached hydrogens (tertiary/aromatic N) is 1. The van der Waals surface area contributed by atoms with Crippen LogP contribution in [0.4, 0.5) is 0 Å². The van der Waals surface area contributed by atoms with E-state index in [1.807, 2.05) is 54.6 Å². The molecule has 0 unspecified atom stereocenters. The number of nitrogens with one attached hydrogen (secondary N) is 2. The Hall–Kier alpha value is -3.08. The van der Waals surface area contributed by atoms with Crippen molar-refractivity contribution in [1.29, 1.82) is 5.41 Å². The smallest absolute Gasteiger partial charge is 0.277 e. The van der Waals surface area contributed by atoms with E-state index in [2.05, 4.69) is 4.98 Å². The Morgan fingerprint density at radius 3 is 2.48 bits per heavy atom. The molecule has 0 aliphatic heterocycles. The zero-order valence-corrected chi connectivity index (χ0v) is 12.6. The van der Waals surface area contributed by atoms with Crippen molar-refractivity contribution >= 4 is 22.8 Å². The maximum absolute atomic E-state index is 12.7. The van der Waals surface area contributed by atoms with Gasteiger partial charge < -0.3 is 10.7 Å². The lowest BCUT2D eigenvalue weighted by molar-refractivity contribution is 0.0841. The number of carbonyl (C=O) groups is 1. The minimum atomic E-state index is -0.287. The van der Waals surface area contributed by atoms with Crippen molar-refractivity contribution < 1.29 is 4.79 Å². The van der Waals surface area contributed by atoms with Gasteiger partial charge in [-0.15, -0.1) is 0 Å². The Morgan fingerprint density at radius 1 is 1.09 bits per heavy atom. The number of benzene rings is 2. The number of aromatic amines is 1. The first-order valence-electron chi connectivity index (χ1n) is 7.43. The summed E-state index contributed by atoms with van der Waals surface area (Å²) in [5, 5.41) is 8.66. The summed E-state index contributed by atoms with van der Waals surface area (Å²) in [5.74, 6) is -0.533. The largest absolute Gasteiger partial charge is 0.370 e. The van der Waals surface area contributed by atoms with Crippen LogP contribution in [0.1, 0.15) is 16.1 Å². The van der Waals surface area contributed by atoms with Gasteiger partial charge in [-0.25, -0.2) is 0 Å². The quantitative estimate of drug-likeness (QED) is 0.511. The molecule has 4 N–H and O–H groups in total. The number of guanidine groups is 1. The van der Waals surface area contributed by atoms with Crippen LogP contribution in [0.5, 0.6) is 0 Å². The van der Waals surface area contributed by atoms with Gasteiger partial charge >= 0.3 is 0 Å². The zero-order valence-electron chi connectivity index (χ0n) is 12.6. The highest BCUT2D eigenvalue weighted by atomic mass is 16.2. The molecule has 5 nitrogen and oxygen atoms in total. The Balaban J connectivity index is 1.79. The topological polar surface area (TPSA) is 86.0 Å². The normalized spacial score (nSPS) is 10.6. The van der Waals surface area contributed by atoms with Gasteiger partial charge in [0.2, 0.25) is 0 Å². The molecular weight excluding hydrogens is 288 g/mol. The molecule has 0 saturated carbocycles. The fourth-order valence-corrected chi connectivity index (χ4v) is 2.55. The van der Waals surface area contributed by atoms with Crippen molar-refractivity contribution in [2.75, 3.05) is 6.54 Å². The zero-order chi connectivity index (χ0) is 16.2. The third-order valence-corrected chi connectivity index (χ3v) is 3.76. The lowest BCUT2D eigenvalue weighted by Crippen LogP contribution is -2.42. The summed E-state index contributed by atoms with van der Waals surface area (Å²) in [6, 6.07) is 19.3. The van der Waals surface area contributed by atoms with Gasteiger partial charge in [-0.2, -0.15) is 0 Å². The van der Waals surface area contributed by atoms with Crippen LogP contribution >= 0.6 is 0 Å². The third-order valence-electron chi connectivity index (χ3n) is 3.76. The molecule has 0 aliphatic rings. The van der Waals surface area contributed by atoms with Gasteiger partial charge in [0.25, 0.3) is 5.91 Å². The van der Waals surface area contributed by atoms with Crippen LogP contribution in [0.25, 0.3) is 10.9 Å². The van der Waals surface area contributed by atoms with Crippen molar-refractivity contribution in [2.45, 2.75) is 6.42 Å². The molecule has 5 heteroatoms. The fourth-order valence-electron chi connectivity index (χ4n) is 2.55. The molecule has 0 saturated heterocycles. The molecular formula is C18H18N4O. The van der Waals surface area contributed by atoms with Gasteiger partial charge in [-0.05, 0) is 24.1 Å². The van der Waals surface area contributed by atoms with E-state index in [0.29, 0.717) is 18.7 Å². The van der Waals surface area contributed by atoms with Crippen LogP contribution in [0, 0.1) is 5.41 Å². The van der Waals surface area contributed by atoms with Crippen molar-refractivity contribution in [1.82, 2.24) is 9.88 Å². The second kappa shape index (κ2) is 6.36. The molecule has 2 aromatic carbocycles. The monoisotopic (exact) mass is 306 g/mol. The van der Waals surface area contributed by atoms with Crippen LogP contribution in [0.15, 0.2) is 60.7 Å². The van der Waals surface area contributed by atoms with E-state index in [-0.39, 0.29) is 11.9 Å². The van der Waals surface area contributed by atoms with E-state index < -0.39 is 0 Å². The van der Waals surface area contributed by atoms with Gasteiger partial charge in [0, 0.05) is 17.4 Å². The Kier molecular flexibility index (Phi) is 4.10. The maximum atomic E-state index is 12.7. The summed E-state index contributed by atoms with van der Waals surface area (Å²) in [5.41, 5.74) is 8.04. The Bertz CT molecular complexity index is 805. The minimum absolute atomic E-state index is 0.246. The highest BCUT2D eigenvalue weighted by Crippen LogP contribution is 2.16. The average Bonchev–Trinajstić information content (AvgIpc) is 2.99. The van der Waals surface area contributed by atoms with E-state index >= 15 is 0 Å². The van der Waals surface area contributed by atoms with Crippen molar-refractivity contribution in [2.24, 2.45) is 5.73 Å². The molecule has 3 rings (SSSR count). The molecule has 3 aromatic rings. The van der Waals surface area contributed by atoms with Crippen molar-refractivity contribution in [3.8, 4) is 0 Å². The molecule has 0 radical (unpaired) electrons. The highest BCUT2D eigenvalue weighted by molar-refractivity contribution is 6.05. The lowest BCUT2D eigenvalue weighted by atomic mass is 10.1. The van der Waals surface area contributed by atoms with Gasteiger partial charge in [0.05, 0.1) is 0 Å². The van der Waals surface area contributed by atoms with Crippen molar-refractivity contribution in [3.05, 3.63) is 71.9 Å². The highest BCUT2D eigenvalue weighted by Gasteiger charge is 2.20. The van der Waals surface area contributed by atoms with Gasteiger partial charge in [-0.1, -0.05) is 48.5 Å². The Morgan fingerprint density at radius 2 is 1.78 bits per heavy atom. The number of H-pyrrole nitrogens is 1. The molecule has 0 bridgehead atoms. The third kappa shape index (κ3) is 3.23. The predicted octanol–water partition coefficient (Wildman–Crippen LogP) is 2.75. The summed E-state index contributed by atoms with van der Waals surface area (Å²) in [6.07, 6.45) is 0.645. The van der Waals surface area contributed by atoms with E-state index in [9.17, 15) is 4.79 Å². The molecule has 1 amide bonds. The van der Waals surface area contributed by atoms with Crippen LogP contribution in [0.2, 0.25) is 0 Å². The van der Waals surface area contributed by atoms with Gasteiger partial charge in [0.1, 0.15) is 5.69 Å². The van der Waals surface area contributed by atoms with E-state index in [1.165, 1.54) is 4.90 Å². The molecule has 0 aliphatic carbocycles. The van der Waals surface area contributed by atoms with E-state index in [4.69, 9.17) is 11.1 Å². The summed E-state index contributed by atoms with van der Waals surface area (Å²) in [7, 11) is 0. The molecule has 0 fully saturated rings. The second-order valence-corrected chi connectivity index (χ2v) is 5.35. The molecule has 1 heterocycles. The molecule has 0 atom stereocenters. The van der Waals surface area contributed by atoms with Gasteiger partial charge in [0.15, 0.2) is 5.96 Å². The minimum Gasteiger partial charge on any atom is -0.370 e. The number of rotatable bonds is 4. The van der Waals surface area contributed by atoms with Gasteiger partial charge in [-0.3, -0.25) is 15.1 Å². The summed E-state index contributed by atoms with van der Waals surface area (Å²) >= 11 is 0. The van der Waals surface area contributed by atoms with Crippen molar-refractivity contribution in [3.63, 3.8) is 0 Å². The molecule has 1 aromatic heterocycles. The molecule has 23 heavy (non-hydrogen) atoms. The first-order chi connectivity index (χ1) is 11.1. The number of para-hydroxylation sites is 1. The molecule has 116 valence electrons. The first-order valence-corrected chi connectivity index (χ1v) is 7.43. The number of amides is 1. The fraction of sp³-hybridized carbons (Fsp3) is 0.111. The SMILES string of the molecule is N=C(N)N(CCc1ccccc1)C(=O)c1cc2ccccc2[nH]1. The molecule has 0 spiro atoms. The number of fused-ring (bicyclic) bond motifs is 1. The van der Waals surface area contributed by atoms with E-state index in [0.717, 1.165) is 16.5 Å². The second-order valence-electron chi connectivity index (χ2n) is 5.35. The number of hydrogen-bond acceptors (Lipinski definition) is 2. The summed E-state index contributed by atoms with van der Waals surface area (Å²) in [6.45, 7) is 0.369. The predicted molar refractivity (Wildman–Crippen MR) is 91.4 cm³/mol. The number of aromatic nitrogens is 1. The number of nitrogens with two attached hydrogens (primary N) is 1. The van der Waals surface area contributed by atoms with Crippen LogP contribution < -0.4 is 5.73 Å². The Labute approximate surface area is 134 Å². The number of hydrogen-bond donors (Lipinski definition) is 3. The average molecular weight is 306 g/mol. The summed E-state index contributed by atoms with van der Waals surface area (Å²) < 4.78 is 0. The summed E-state index contributed by atoms with van der Waals surface area (Å²) in [4.78, 5) is 17.0. The first kappa shape index (κ1) is 14.8.